The highest BCUT2D eigenvalue weighted by Gasteiger charge is 2.32. The van der Waals surface area contributed by atoms with Crippen molar-refractivity contribution in [3.05, 3.63) is 10.4 Å². The van der Waals surface area contributed by atoms with Crippen LogP contribution in [0.15, 0.2) is 5.11 Å². The highest BCUT2D eigenvalue weighted by Crippen LogP contribution is 2.11. The Kier molecular flexibility index (Phi) is 38.1. The number of imide groups is 1. The van der Waals surface area contributed by atoms with E-state index in [1.54, 1.807) is 0 Å². The van der Waals surface area contributed by atoms with Crippen molar-refractivity contribution < 1.29 is 81.5 Å². The molecule has 1 heterocycles. The number of aliphatic hydroxyl groups excluding tert-OH is 2. The molecule has 0 radical (unpaired) electrons. The fourth-order valence-electron chi connectivity index (χ4n) is 3.31. The van der Waals surface area contributed by atoms with Crippen LogP contribution in [0.25, 0.3) is 10.4 Å². The Morgan fingerprint density at radius 1 is 0.510 bits per heavy atom. The van der Waals surface area contributed by atoms with E-state index < -0.39 is 24.3 Å². The number of carbonyl (C=O) groups excluding carboxylic acids is 3. The molecule has 0 saturated carbocycles. The summed E-state index contributed by atoms with van der Waals surface area (Å²) in [6.45, 7) is 10.2. The molecule has 0 bridgehead atoms. The molecule has 21 heteroatoms. The van der Waals surface area contributed by atoms with Crippen LogP contribution >= 0.6 is 0 Å². The molecule has 0 aliphatic carbocycles. The van der Waals surface area contributed by atoms with Crippen LogP contribution < -0.4 is 0 Å². The van der Waals surface area contributed by atoms with Gasteiger partial charge in [0.05, 0.1) is 159 Å². The average molecular weight is 745 g/mol. The van der Waals surface area contributed by atoms with Gasteiger partial charge in [-0.2, -0.15) is 0 Å². The fraction of sp³-hybridized carbons (Fsp3) is 0.900. The van der Waals surface area contributed by atoms with Gasteiger partial charge in [-0.15, -0.1) is 5.06 Å². The maximum absolute atomic E-state index is 10.9. The third-order valence-corrected chi connectivity index (χ3v) is 5.65. The van der Waals surface area contributed by atoms with Crippen LogP contribution in [0.3, 0.4) is 0 Å². The maximum Gasteiger partial charge on any atom is 0.339 e. The van der Waals surface area contributed by atoms with Crippen molar-refractivity contribution in [2.24, 2.45) is 5.11 Å². The van der Waals surface area contributed by atoms with Gasteiger partial charge in [0.2, 0.25) is 0 Å². The minimum Gasteiger partial charge on any atom is -0.394 e. The van der Waals surface area contributed by atoms with Crippen LogP contribution in [0, 0.1) is 0 Å². The number of ether oxygens (including phenoxy) is 11. The van der Waals surface area contributed by atoms with Gasteiger partial charge in [-0.3, -0.25) is 9.59 Å². The second-order valence-corrected chi connectivity index (χ2v) is 9.62. The molecule has 1 aliphatic rings. The summed E-state index contributed by atoms with van der Waals surface area (Å²) >= 11 is 0. The Morgan fingerprint density at radius 3 is 0.961 bits per heavy atom. The highest BCUT2D eigenvalue weighted by molar-refractivity contribution is 6.01. The molecule has 0 aromatic heterocycles. The third-order valence-electron chi connectivity index (χ3n) is 5.65. The van der Waals surface area contributed by atoms with Crippen LogP contribution in [0.1, 0.15) is 12.8 Å². The lowest BCUT2D eigenvalue weighted by molar-refractivity contribution is -0.196. The molecule has 1 fully saturated rings. The lowest BCUT2D eigenvalue weighted by atomic mass is 10.4. The van der Waals surface area contributed by atoms with Gasteiger partial charge in [-0.25, -0.2) is 4.79 Å². The van der Waals surface area contributed by atoms with E-state index in [2.05, 4.69) is 14.9 Å². The summed E-state index contributed by atoms with van der Waals surface area (Å²) in [7, 11) is 0. The van der Waals surface area contributed by atoms with E-state index in [0.29, 0.717) is 150 Å². The number of azide groups is 1. The first-order valence-corrected chi connectivity index (χ1v) is 16.7. The molecule has 2 N–H and O–H groups in total. The van der Waals surface area contributed by atoms with Crippen molar-refractivity contribution in [3.63, 3.8) is 0 Å². The zero-order valence-corrected chi connectivity index (χ0v) is 29.4. The molecular formula is C30H56N4O17. The van der Waals surface area contributed by atoms with Gasteiger partial charge >= 0.3 is 5.97 Å². The summed E-state index contributed by atoms with van der Waals surface area (Å²) in [5, 5.41) is 20.4. The summed E-state index contributed by atoms with van der Waals surface area (Å²) in [6.07, 6.45) is 0.0707. The topological polar surface area (TPSA) is 254 Å². The van der Waals surface area contributed by atoms with Crippen LogP contribution in [-0.2, 0) is 71.3 Å². The molecular weight excluding hydrogens is 688 g/mol. The van der Waals surface area contributed by atoms with E-state index in [-0.39, 0.29) is 26.1 Å². The zero-order valence-electron chi connectivity index (χ0n) is 29.4. The Labute approximate surface area is 298 Å². The Bertz CT molecular complexity index is 820. The van der Waals surface area contributed by atoms with Gasteiger partial charge in [0, 0.05) is 17.8 Å². The number of carbonyl (C=O) groups is 3. The molecule has 0 atom stereocenters. The van der Waals surface area contributed by atoms with E-state index in [4.69, 9.17) is 67.8 Å². The van der Waals surface area contributed by atoms with Crippen molar-refractivity contribution in [2.75, 3.05) is 165 Å². The lowest BCUT2D eigenvalue weighted by Crippen LogP contribution is -2.32. The number of hydroxylamine groups is 2. The van der Waals surface area contributed by atoms with Crippen LogP contribution in [0.4, 0.5) is 0 Å². The molecule has 0 unspecified atom stereocenters. The first-order valence-electron chi connectivity index (χ1n) is 16.7. The third kappa shape index (κ3) is 35.6. The first-order chi connectivity index (χ1) is 25.1. The second kappa shape index (κ2) is 40.2. The smallest absolute Gasteiger partial charge is 0.339 e. The SMILES string of the molecule is OCCOCCOCCOCCOCCOCCOCCOCCOCCOCCOCCOCCO.[N-]=[N+]=NCC(=O)ON1C(=O)CCC1=O. The summed E-state index contributed by atoms with van der Waals surface area (Å²) in [6, 6.07) is 0. The van der Waals surface area contributed by atoms with Gasteiger partial charge in [0.15, 0.2) is 0 Å². The van der Waals surface area contributed by atoms with E-state index in [1.165, 1.54) is 0 Å². The summed E-state index contributed by atoms with van der Waals surface area (Å²) in [5.41, 5.74) is 7.88. The summed E-state index contributed by atoms with van der Waals surface area (Å²) in [5.74, 6) is -2.07. The second-order valence-electron chi connectivity index (χ2n) is 9.62. The molecule has 298 valence electrons. The minimum atomic E-state index is -0.939. The number of hydrogen-bond donors (Lipinski definition) is 2. The van der Waals surface area contributed by atoms with E-state index in [1.807, 2.05) is 0 Å². The fourth-order valence-corrected chi connectivity index (χ4v) is 3.31. The van der Waals surface area contributed by atoms with E-state index in [0.717, 1.165) is 0 Å². The lowest BCUT2D eigenvalue weighted by Gasteiger charge is -2.10. The van der Waals surface area contributed by atoms with Crippen LogP contribution in [-0.4, -0.2) is 198 Å². The standard InChI is InChI=1S/C24H50O13.C6H6N4O4/c25-1-3-27-5-7-29-9-11-31-13-15-33-17-19-35-21-23-37-24-22-36-20-18-34-16-14-32-12-10-30-8-6-28-4-2-26;7-9-8-3-6(13)14-10-4(11)1-2-5(10)12/h25-26H,1-24H2;1-3H2. The molecule has 2 amide bonds. The molecule has 1 saturated heterocycles. The summed E-state index contributed by atoms with van der Waals surface area (Å²) < 4.78 is 58.7. The highest BCUT2D eigenvalue weighted by atomic mass is 16.7. The molecule has 0 aromatic carbocycles. The Morgan fingerprint density at radius 2 is 0.745 bits per heavy atom. The number of rotatable bonds is 37. The quantitative estimate of drug-likeness (QED) is 0.0256. The van der Waals surface area contributed by atoms with Crippen molar-refractivity contribution in [1.29, 1.82) is 0 Å². The van der Waals surface area contributed by atoms with Crippen molar-refractivity contribution >= 4 is 17.8 Å². The average Bonchev–Trinajstić information content (AvgIpc) is 3.45. The number of nitrogens with zero attached hydrogens (tertiary/aromatic N) is 4. The molecule has 1 aliphatic heterocycles. The predicted octanol–water partition coefficient (Wildman–Crippen LogP) is -0.942. The van der Waals surface area contributed by atoms with E-state index >= 15 is 0 Å². The van der Waals surface area contributed by atoms with Crippen molar-refractivity contribution in [2.45, 2.75) is 12.8 Å². The normalized spacial score (nSPS) is 12.5. The Hall–Kier alpha value is -2.60. The van der Waals surface area contributed by atoms with Crippen LogP contribution in [0.2, 0.25) is 0 Å². The van der Waals surface area contributed by atoms with E-state index in [9.17, 15) is 14.4 Å². The van der Waals surface area contributed by atoms with Gasteiger partial charge < -0.3 is 67.2 Å². The number of hydrogen-bond acceptors (Lipinski definition) is 18. The largest absolute Gasteiger partial charge is 0.394 e. The summed E-state index contributed by atoms with van der Waals surface area (Å²) in [4.78, 5) is 39.3. The first kappa shape index (κ1) is 48.4. The molecule has 21 nitrogen and oxygen atoms in total. The monoisotopic (exact) mass is 744 g/mol. The predicted molar refractivity (Wildman–Crippen MR) is 174 cm³/mol. The van der Waals surface area contributed by atoms with Gasteiger partial charge in [-0.05, 0) is 5.53 Å². The van der Waals surface area contributed by atoms with Crippen molar-refractivity contribution in [1.82, 2.24) is 5.06 Å². The van der Waals surface area contributed by atoms with Gasteiger partial charge in [0.1, 0.15) is 6.54 Å². The number of amides is 2. The zero-order chi connectivity index (χ0) is 37.3. The molecule has 0 aromatic rings. The molecule has 51 heavy (non-hydrogen) atoms. The molecule has 1 rings (SSSR count). The van der Waals surface area contributed by atoms with Crippen molar-refractivity contribution in [3.8, 4) is 0 Å². The van der Waals surface area contributed by atoms with Gasteiger partial charge in [0.25, 0.3) is 11.8 Å². The van der Waals surface area contributed by atoms with Crippen LogP contribution in [0.5, 0.6) is 0 Å². The maximum atomic E-state index is 10.9. The Balaban J connectivity index is 0.00000147. The number of aliphatic hydroxyl groups is 2. The molecule has 0 spiro atoms. The minimum absolute atomic E-state index is 0.0253. The van der Waals surface area contributed by atoms with Gasteiger partial charge in [-0.1, -0.05) is 5.11 Å².